The number of nitrogens with one attached hydrogen (secondary N) is 1. The van der Waals surface area contributed by atoms with E-state index >= 15 is 0 Å². The van der Waals surface area contributed by atoms with E-state index in [1.54, 1.807) is 42.5 Å². The Hall–Kier alpha value is -2.03. The Kier molecular flexibility index (Phi) is 6.18. The fraction of sp³-hybridized carbons (Fsp3) is 0.278. The molecule has 8 heteroatoms. The van der Waals surface area contributed by atoms with Gasteiger partial charge in [0.25, 0.3) is 5.24 Å². The van der Waals surface area contributed by atoms with Gasteiger partial charge in [-0.3, -0.25) is 4.79 Å². The van der Waals surface area contributed by atoms with Crippen LogP contribution in [0.5, 0.6) is 5.75 Å². The molecule has 1 aliphatic rings. The SMILES string of the molecule is O=C(SCc1ccc(OS(=O)(=O)c2ccccc2)cc1)N1CCNCC1. The number of carbonyl (C=O) groups is 1. The van der Waals surface area contributed by atoms with Crippen LogP contribution in [-0.4, -0.2) is 44.7 Å². The van der Waals surface area contributed by atoms with Crippen LogP contribution in [0.25, 0.3) is 0 Å². The molecule has 2 aromatic rings. The summed E-state index contributed by atoms with van der Waals surface area (Å²) >= 11 is 1.25. The molecule has 1 saturated heterocycles. The van der Waals surface area contributed by atoms with E-state index < -0.39 is 10.1 Å². The predicted octanol–water partition coefficient (Wildman–Crippen LogP) is 2.71. The summed E-state index contributed by atoms with van der Waals surface area (Å²) < 4.78 is 29.5. The second-order valence-electron chi connectivity index (χ2n) is 5.79. The molecule has 2 aromatic carbocycles. The summed E-state index contributed by atoms with van der Waals surface area (Å²) in [4.78, 5) is 14.1. The second-order valence-corrected chi connectivity index (χ2v) is 8.26. The first-order valence-electron chi connectivity index (χ1n) is 8.25. The Labute approximate surface area is 157 Å². The molecule has 0 aromatic heterocycles. The van der Waals surface area contributed by atoms with Gasteiger partial charge in [0.15, 0.2) is 0 Å². The van der Waals surface area contributed by atoms with Gasteiger partial charge in [0.05, 0.1) is 0 Å². The van der Waals surface area contributed by atoms with Gasteiger partial charge in [-0.2, -0.15) is 8.42 Å². The number of nitrogens with zero attached hydrogens (tertiary/aromatic N) is 1. The quantitative estimate of drug-likeness (QED) is 0.789. The van der Waals surface area contributed by atoms with Crippen molar-refractivity contribution in [3.8, 4) is 5.75 Å². The second kappa shape index (κ2) is 8.57. The van der Waals surface area contributed by atoms with E-state index in [0.717, 1.165) is 31.7 Å². The van der Waals surface area contributed by atoms with Gasteiger partial charge in [-0.1, -0.05) is 42.1 Å². The summed E-state index contributed by atoms with van der Waals surface area (Å²) in [6, 6.07) is 14.8. The van der Waals surface area contributed by atoms with Crippen LogP contribution in [0, 0.1) is 0 Å². The minimum absolute atomic E-state index is 0.0680. The summed E-state index contributed by atoms with van der Waals surface area (Å²) in [5.74, 6) is 0.783. The highest BCUT2D eigenvalue weighted by molar-refractivity contribution is 8.12. The molecule has 3 rings (SSSR count). The fourth-order valence-electron chi connectivity index (χ4n) is 2.49. The maximum atomic E-state index is 12.2. The van der Waals surface area contributed by atoms with Crippen LogP contribution in [-0.2, 0) is 15.9 Å². The zero-order valence-electron chi connectivity index (χ0n) is 14.1. The first-order chi connectivity index (χ1) is 12.5. The molecule has 1 N–H and O–H groups in total. The first kappa shape index (κ1) is 18.8. The summed E-state index contributed by atoms with van der Waals surface area (Å²) in [5.41, 5.74) is 0.933. The molecule has 1 amide bonds. The number of thioether (sulfide) groups is 1. The lowest BCUT2D eigenvalue weighted by molar-refractivity contribution is 0.215. The number of benzene rings is 2. The van der Waals surface area contributed by atoms with Crippen molar-refractivity contribution in [1.29, 1.82) is 0 Å². The summed E-state index contributed by atoms with van der Waals surface area (Å²) in [7, 11) is -3.84. The molecule has 26 heavy (non-hydrogen) atoms. The average Bonchev–Trinajstić information content (AvgIpc) is 2.68. The van der Waals surface area contributed by atoms with Gasteiger partial charge >= 0.3 is 10.1 Å². The number of hydrogen-bond acceptors (Lipinski definition) is 6. The smallest absolute Gasteiger partial charge is 0.339 e. The van der Waals surface area contributed by atoms with Crippen LogP contribution in [0.15, 0.2) is 59.5 Å². The highest BCUT2D eigenvalue weighted by Crippen LogP contribution is 2.22. The molecule has 0 saturated carbocycles. The average molecular weight is 393 g/mol. The van der Waals surface area contributed by atoms with Gasteiger partial charge in [-0.05, 0) is 29.8 Å². The van der Waals surface area contributed by atoms with Crippen LogP contribution in [0.3, 0.4) is 0 Å². The van der Waals surface area contributed by atoms with Crippen molar-refractivity contribution in [2.75, 3.05) is 26.2 Å². The molecule has 0 atom stereocenters. The lowest BCUT2D eigenvalue weighted by Gasteiger charge is -2.26. The van der Waals surface area contributed by atoms with Crippen molar-refractivity contribution in [3.63, 3.8) is 0 Å². The Bertz CT molecular complexity index is 833. The number of hydrogen-bond donors (Lipinski definition) is 1. The third kappa shape index (κ3) is 5.00. The van der Waals surface area contributed by atoms with Crippen molar-refractivity contribution in [2.45, 2.75) is 10.6 Å². The van der Waals surface area contributed by atoms with Crippen molar-refractivity contribution in [3.05, 3.63) is 60.2 Å². The maximum Gasteiger partial charge on any atom is 0.339 e. The van der Waals surface area contributed by atoms with E-state index in [9.17, 15) is 13.2 Å². The summed E-state index contributed by atoms with van der Waals surface area (Å²) in [5, 5.41) is 3.28. The number of carbonyl (C=O) groups excluding carboxylic acids is 1. The molecule has 1 heterocycles. The lowest BCUT2D eigenvalue weighted by Crippen LogP contribution is -2.45. The first-order valence-corrected chi connectivity index (χ1v) is 10.6. The van der Waals surface area contributed by atoms with Gasteiger partial charge < -0.3 is 14.4 Å². The van der Waals surface area contributed by atoms with E-state index in [4.69, 9.17) is 4.18 Å². The van der Waals surface area contributed by atoms with Crippen molar-refractivity contribution >= 4 is 27.1 Å². The van der Waals surface area contributed by atoms with Crippen LogP contribution < -0.4 is 9.50 Å². The molecule has 0 bridgehead atoms. The summed E-state index contributed by atoms with van der Waals surface area (Å²) in [6.07, 6.45) is 0. The molecule has 0 radical (unpaired) electrons. The Morgan fingerprint density at radius 3 is 2.35 bits per heavy atom. The molecule has 6 nitrogen and oxygen atoms in total. The van der Waals surface area contributed by atoms with Crippen molar-refractivity contribution in [2.24, 2.45) is 0 Å². The van der Waals surface area contributed by atoms with Gasteiger partial charge in [0.2, 0.25) is 0 Å². The van der Waals surface area contributed by atoms with E-state index in [-0.39, 0.29) is 15.9 Å². The molecule has 1 fully saturated rings. The molecular formula is C18H20N2O4S2. The van der Waals surface area contributed by atoms with Crippen LogP contribution >= 0.6 is 11.8 Å². The summed E-state index contributed by atoms with van der Waals surface area (Å²) in [6.45, 7) is 3.12. The normalized spacial score (nSPS) is 14.8. The number of rotatable bonds is 5. The minimum atomic E-state index is -3.84. The van der Waals surface area contributed by atoms with E-state index in [1.807, 2.05) is 4.90 Å². The van der Waals surface area contributed by atoms with Gasteiger partial charge in [-0.25, -0.2) is 0 Å². The minimum Gasteiger partial charge on any atom is -0.379 e. The molecule has 1 aliphatic heterocycles. The molecule has 0 spiro atoms. The largest absolute Gasteiger partial charge is 0.379 e. The Balaban J connectivity index is 1.56. The maximum absolute atomic E-state index is 12.2. The van der Waals surface area contributed by atoms with Crippen LogP contribution in [0.2, 0.25) is 0 Å². The Morgan fingerprint density at radius 2 is 1.69 bits per heavy atom. The fourth-order valence-corrected chi connectivity index (χ4v) is 4.29. The monoisotopic (exact) mass is 392 g/mol. The number of amides is 1. The van der Waals surface area contributed by atoms with E-state index in [2.05, 4.69) is 5.32 Å². The molecular weight excluding hydrogens is 372 g/mol. The predicted molar refractivity (Wildman–Crippen MR) is 102 cm³/mol. The van der Waals surface area contributed by atoms with Crippen LogP contribution in [0.4, 0.5) is 4.79 Å². The van der Waals surface area contributed by atoms with Crippen molar-refractivity contribution in [1.82, 2.24) is 10.2 Å². The van der Waals surface area contributed by atoms with E-state index in [0.29, 0.717) is 5.75 Å². The van der Waals surface area contributed by atoms with Crippen LogP contribution in [0.1, 0.15) is 5.56 Å². The molecule has 0 aliphatic carbocycles. The van der Waals surface area contributed by atoms with Gasteiger partial charge in [0, 0.05) is 31.9 Å². The van der Waals surface area contributed by atoms with Gasteiger partial charge in [-0.15, -0.1) is 0 Å². The Morgan fingerprint density at radius 1 is 1.04 bits per heavy atom. The lowest BCUT2D eigenvalue weighted by atomic mass is 10.2. The van der Waals surface area contributed by atoms with Crippen molar-refractivity contribution < 1.29 is 17.4 Å². The highest BCUT2D eigenvalue weighted by Gasteiger charge is 2.17. The molecule has 0 unspecified atom stereocenters. The van der Waals surface area contributed by atoms with Gasteiger partial charge in [0.1, 0.15) is 10.6 Å². The zero-order chi connectivity index (χ0) is 18.4. The standard InChI is InChI=1S/C18H20N2O4S2/c21-18(20-12-10-19-11-13-20)25-14-15-6-8-16(9-7-15)24-26(22,23)17-4-2-1-3-5-17/h1-9,19H,10-14H2. The zero-order valence-corrected chi connectivity index (χ0v) is 15.8. The third-order valence-corrected chi connectivity index (χ3v) is 6.14. The topological polar surface area (TPSA) is 75.7 Å². The van der Waals surface area contributed by atoms with E-state index in [1.165, 1.54) is 23.9 Å². The highest BCUT2D eigenvalue weighted by atomic mass is 32.2. The molecule has 138 valence electrons. The third-order valence-electron chi connectivity index (χ3n) is 3.90. The number of piperazine rings is 1.